The Kier molecular flexibility index (Phi) is 5.75. The molecule has 1 radical (unpaired) electrons. The van der Waals surface area contributed by atoms with Crippen molar-refractivity contribution >= 4 is 7.60 Å². The second-order valence-corrected chi connectivity index (χ2v) is 5.49. The number of rotatable bonds is 7. The normalized spacial score (nSPS) is 11.6. The van der Waals surface area contributed by atoms with Crippen molar-refractivity contribution in [2.45, 2.75) is 20.3 Å². The smallest absolute Gasteiger partial charge is 0.309 e. The topological polar surface area (TPSA) is 35.5 Å². The zero-order chi connectivity index (χ0) is 11.9. The lowest BCUT2D eigenvalue weighted by atomic mass is 10.2. The average molecular weight is 241 g/mol. The van der Waals surface area contributed by atoms with Crippen LogP contribution in [0.4, 0.5) is 0 Å². The van der Waals surface area contributed by atoms with E-state index in [1.807, 2.05) is 38.1 Å². The predicted molar refractivity (Wildman–Crippen MR) is 64.7 cm³/mol. The van der Waals surface area contributed by atoms with E-state index >= 15 is 0 Å². The van der Waals surface area contributed by atoms with Gasteiger partial charge < -0.3 is 9.05 Å². The summed E-state index contributed by atoms with van der Waals surface area (Å²) >= 11 is 0. The van der Waals surface area contributed by atoms with Crippen LogP contribution in [0, 0.1) is 6.07 Å². The first-order valence-corrected chi connectivity index (χ1v) is 7.26. The Bertz CT molecular complexity index is 327. The fraction of sp³-hybridized carbons (Fsp3) is 0.500. The van der Waals surface area contributed by atoms with Gasteiger partial charge in [0.1, 0.15) is 0 Å². The second-order valence-electron chi connectivity index (χ2n) is 3.31. The van der Waals surface area contributed by atoms with Gasteiger partial charge in [-0.2, -0.15) is 0 Å². The molecule has 16 heavy (non-hydrogen) atoms. The van der Waals surface area contributed by atoms with Crippen molar-refractivity contribution < 1.29 is 13.6 Å². The molecular formula is C12H18O3P. The van der Waals surface area contributed by atoms with Gasteiger partial charge in [-0.25, -0.2) is 0 Å². The van der Waals surface area contributed by atoms with Crippen molar-refractivity contribution in [1.29, 1.82) is 0 Å². The van der Waals surface area contributed by atoms with Gasteiger partial charge in [-0.3, -0.25) is 4.57 Å². The van der Waals surface area contributed by atoms with Crippen molar-refractivity contribution in [3.05, 3.63) is 35.9 Å². The third-order valence-electron chi connectivity index (χ3n) is 2.08. The summed E-state index contributed by atoms with van der Waals surface area (Å²) in [6, 6.07) is 10.8. The molecule has 4 heteroatoms. The fourth-order valence-corrected chi connectivity index (χ4v) is 3.04. The molecule has 0 saturated carbocycles. The molecule has 0 unspecified atom stereocenters. The summed E-state index contributed by atoms with van der Waals surface area (Å²) in [6.45, 7) is 4.46. The lowest BCUT2D eigenvalue weighted by molar-refractivity contribution is 0.220. The lowest BCUT2D eigenvalue weighted by Gasteiger charge is -2.16. The van der Waals surface area contributed by atoms with Crippen molar-refractivity contribution in [2.24, 2.45) is 0 Å². The number of hydrogen-bond donors (Lipinski definition) is 0. The molecule has 0 aliphatic rings. The van der Waals surface area contributed by atoms with Gasteiger partial charge in [0.15, 0.2) is 0 Å². The molecule has 0 bridgehead atoms. The van der Waals surface area contributed by atoms with E-state index in [-0.39, 0.29) is 0 Å². The monoisotopic (exact) mass is 241 g/mol. The lowest BCUT2D eigenvalue weighted by Crippen LogP contribution is -2.02. The van der Waals surface area contributed by atoms with E-state index in [0.717, 1.165) is 5.56 Å². The molecule has 89 valence electrons. The molecule has 0 atom stereocenters. The van der Waals surface area contributed by atoms with Crippen LogP contribution in [0.15, 0.2) is 24.3 Å². The quantitative estimate of drug-likeness (QED) is 0.687. The van der Waals surface area contributed by atoms with Crippen LogP contribution in [-0.2, 0) is 20.0 Å². The van der Waals surface area contributed by atoms with Gasteiger partial charge in [-0.1, -0.05) is 24.3 Å². The molecule has 0 aliphatic heterocycles. The van der Waals surface area contributed by atoms with Crippen LogP contribution >= 0.6 is 7.60 Å². The Hall–Kier alpha value is -0.630. The first kappa shape index (κ1) is 13.4. The van der Waals surface area contributed by atoms with Crippen LogP contribution in [0.25, 0.3) is 0 Å². The standard InChI is InChI=1S/C12H18O3P/c1-3-14-16(13,15-4-2)11-10-12-8-6-5-7-9-12/h5-8H,3-4,10-11H2,1-2H3. The minimum absolute atomic E-state index is 0.412. The molecule has 0 N–H and O–H groups in total. The van der Waals surface area contributed by atoms with Crippen LogP contribution in [0.3, 0.4) is 0 Å². The minimum Gasteiger partial charge on any atom is -0.309 e. The summed E-state index contributed by atoms with van der Waals surface area (Å²) in [5, 5.41) is 0. The van der Waals surface area contributed by atoms with E-state index in [1.54, 1.807) is 0 Å². The Morgan fingerprint density at radius 1 is 1.25 bits per heavy atom. The highest BCUT2D eigenvalue weighted by Crippen LogP contribution is 2.48. The summed E-state index contributed by atoms with van der Waals surface area (Å²) in [7, 11) is -2.90. The number of aryl methyl sites for hydroxylation is 1. The molecule has 3 nitrogen and oxygen atoms in total. The highest BCUT2D eigenvalue weighted by molar-refractivity contribution is 7.53. The van der Waals surface area contributed by atoms with Gasteiger partial charge in [0.2, 0.25) is 0 Å². The largest absolute Gasteiger partial charge is 0.330 e. The summed E-state index contributed by atoms with van der Waals surface area (Å²) in [5.41, 5.74) is 1.03. The van der Waals surface area contributed by atoms with Gasteiger partial charge in [-0.05, 0) is 31.9 Å². The van der Waals surface area contributed by atoms with Crippen LogP contribution in [0.2, 0.25) is 0 Å². The van der Waals surface area contributed by atoms with Gasteiger partial charge in [0.25, 0.3) is 0 Å². The molecular weight excluding hydrogens is 223 g/mol. The van der Waals surface area contributed by atoms with E-state index in [1.165, 1.54) is 0 Å². The first-order valence-electron chi connectivity index (χ1n) is 5.54. The Morgan fingerprint density at radius 3 is 2.44 bits per heavy atom. The summed E-state index contributed by atoms with van der Waals surface area (Å²) in [5.74, 6) is 0. The SMILES string of the molecule is CCOP(=O)(CCc1[c]cccc1)OCC. The zero-order valence-electron chi connectivity index (χ0n) is 9.81. The molecule has 0 fully saturated rings. The van der Waals surface area contributed by atoms with E-state index in [4.69, 9.17) is 9.05 Å². The Labute approximate surface area is 97.3 Å². The first-order chi connectivity index (χ1) is 7.70. The van der Waals surface area contributed by atoms with Gasteiger partial charge in [-0.15, -0.1) is 0 Å². The Morgan fingerprint density at radius 2 is 1.94 bits per heavy atom. The van der Waals surface area contributed by atoms with Gasteiger partial charge >= 0.3 is 7.60 Å². The number of hydrogen-bond acceptors (Lipinski definition) is 3. The molecule has 0 aromatic heterocycles. The van der Waals surface area contributed by atoms with Gasteiger partial charge in [0.05, 0.1) is 19.4 Å². The highest BCUT2D eigenvalue weighted by atomic mass is 31.2. The maximum atomic E-state index is 12.1. The van der Waals surface area contributed by atoms with Crippen LogP contribution in [0.1, 0.15) is 19.4 Å². The third kappa shape index (κ3) is 4.48. The van der Waals surface area contributed by atoms with Crippen molar-refractivity contribution in [3.8, 4) is 0 Å². The molecule has 0 heterocycles. The molecule has 0 spiro atoms. The van der Waals surface area contributed by atoms with Crippen LogP contribution in [0.5, 0.6) is 0 Å². The average Bonchev–Trinajstić information content (AvgIpc) is 2.29. The highest BCUT2D eigenvalue weighted by Gasteiger charge is 2.22. The van der Waals surface area contributed by atoms with E-state index in [9.17, 15) is 4.57 Å². The molecule has 0 saturated heterocycles. The van der Waals surface area contributed by atoms with E-state index < -0.39 is 7.60 Å². The van der Waals surface area contributed by atoms with Gasteiger partial charge in [0, 0.05) is 0 Å². The molecule has 1 rings (SSSR count). The number of benzene rings is 1. The van der Waals surface area contributed by atoms with Crippen LogP contribution in [-0.4, -0.2) is 19.4 Å². The maximum Gasteiger partial charge on any atom is 0.330 e. The third-order valence-corrected chi connectivity index (χ3v) is 4.15. The molecule has 0 aliphatic carbocycles. The zero-order valence-corrected chi connectivity index (χ0v) is 10.7. The maximum absolute atomic E-state index is 12.1. The van der Waals surface area contributed by atoms with E-state index in [2.05, 4.69) is 6.07 Å². The molecule has 0 amide bonds. The van der Waals surface area contributed by atoms with Crippen molar-refractivity contribution in [3.63, 3.8) is 0 Å². The minimum atomic E-state index is -2.90. The second kappa shape index (κ2) is 6.85. The van der Waals surface area contributed by atoms with Crippen LogP contribution < -0.4 is 0 Å². The van der Waals surface area contributed by atoms with Crippen molar-refractivity contribution in [1.82, 2.24) is 0 Å². The summed E-state index contributed by atoms with van der Waals surface area (Å²) in [4.78, 5) is 0. The summed E-state index contributed by atoms with van der Waals surface area (Å²) in [6.07, 6.45) is 1.08. The molecule has 1 aromatic carbocycles. The van der Waals surface area contributed by atoms with E-state index in [0.29, 0.717) is 25.8 Å². The summed E-state index contributed by atoms with van der Waals surface area (Å²) < 4.78 is 22.6. The fourth-order valence-electron chi connectivity index (χ4n) is 1.40. The van der Waals surface area contributed by atoms with Crippen molar-refractivity contribution in [2.75, 3.05) is 19.4 Å². The predicted octanol–water partition coefficient (Wildman–Crippen LogP) is 3.30. The Balaban J connectivity index is 2.53. The molecule has 1 aromatic rings.